The summed E-state index contributed by atoms with van der Waals surface area (Å²) in [4.78, 5) is 0. The summed E-state index contributed by atoms with van der Waals surface area (Å²) in [6, 6.07) is -0.416. The molecule has 0 spiro atoms. The van der Waals surface area contributed by atoms with Gasteiger partial charge < -0.3 is 15.2 Å². The van der Waals surface area contributed by atoms with Crippen LogP contribution in [0.5, 0.6) is 0 Å². The maximum Gasteiger partial charge on any atom is 0.214 e. The highest BCUT2D eigenvalue weighted by Gasteiger charge is 2.51. The Bertz CT molecular complexity index is 399. The summed E-state index contributed by atoms with van der Waals surface area (Å²) in [5, 5.41) is 0. The summed E-state index contributed by atoms with van der Waals surface area (Å²) < 4.78 is 37.4. The van der Waals surface area contributed by atoms with Crippen LogP contribution in [-0.4, -0.2) is 51.7 Å². The molecule has 0 radical (unpaired) electrons. The van der Waals surface area contributed by atoms with E-state index in [4.69, 9.17) is 15.2 Å². The van der Waals surface area contributed by atoms with Crippen molar-refractivity contribution in [3.8, 4) is 0 Å². The van der Waals surface area contributed by atoms with Crippen molar-refractivity contribution < 1.29 is 17.9 Å². The first-order valence-electron chi connectivity index (χ1n) is 6.89. The molecule has 112 valence electrons. The molecule has 1 saturated heterocycles. The van der Waals surface area contributed by atoms with Gasteiger partial charge >= 0.3 is 0 Å². The van der Waals surface area contributed by atoms with Crippen LogP contribution >= 0.6 is 0 Å². The lowest BCUT2D eigenvalue weighted by Gasteiger charge is -2.52. The molecule has 19 heavy (non-hydrogen) atoms. The van der Waals surface area contributed by atoms with Crippen molar-refractivity contribution in [2.24, 2.45) is 11.7 Å². The van der Waals surface area contributed by atoms with E-state index < -0.39 is 10.0 Å². The van der Waals surface area contributed by atoms with Crippen molar-refractivity contribution in [3.05, 3.63) is 0 Å². The van der Waals surface area contributed by atoms with Crippen molar-refractivity contribution in [3.63, 3.8) is 0 Å². The minimum atomic E-state index is -3.36. The first-order valence-corrected chi connectivity index (χ1v) is 8.55. The lowest BCUT2D eigenvalue weighted by atomic mass is 9.69. The van der Waals surface area contributed by atoms with Crippen LogP contribution in [0.1, 0.15) is 26.7 Å². The number of rotatable bonds is 6. The standard InChI is InChI=1S/C12H24N2O4S/c1-8(2)17-6-7-19(15,16)14-11-10(13)9-4-3-5-18-12(9)11/h8-12,14H,3-7,13H2,1-2H3. The van der Waals surface area contributed by atoms with Gasteiger partial charge in [-0.3, -0.25) is 0 Å². The van der Waals surface area contributed by atoms with Gasteiger partial charge in [0.15, 0.2) is 0 Å². The van der Waals surface area contributed by atoms with Crippen LogP contribution in [-0.2, 0) is 19.5 Å². The van der Waals surface area contributed by atoms with E-state index in [2.05, 4.69) is 4.72 Å². The monoisotopic (exact) mass is 292 g/mol. The molecule has 0 aromatic carbocycles. The van der Waals surface area contributed by atoms with Crippen molar-refractivity contribution in [2.45, 2.75) is 51.0 Å². The first kappa shape index (κ1) is 15.2. The SMILES string of the molecule is CC(C)OCCS(=O)(=O)NC1C(N)C2CCCOC21. The maximum absolute atomic E-state index is 11.9. The van der Waals surface area contributed by atoms with Crippen LogP contribution in [0.2, 0.25) is 0 Å². The zero-order chi connectivity index (χ0) is 14.0. The molecule has 1 aliphatic heterocycles. The number of nitrogens with one attached hydrogen (secondary N) is 1. The summed E-state index contributed by atoms with van der Waals surface area (Å²) in [6.07, 6.45) is 2.02. The van der Waals surface area contributed by atoms with E-state index in [1.54, 1.807) is 0 Å². The Morgan fingerprint density at radius 2 is 2.21 bits per heavy atom. The molecular formula is C12H24N2O4S. The molecular weight excluding hydrogens is 268 g/mol. The summed E-state index contributed by atoms with van der Waals surface area (Å²) in [6.45, 7) is 4.65. The van der Waals surface area contributed by atoms with Gasteiger partial charge in [-0.25, -0.2) is 13.1 Å². The van der Waals surface area contributed by atoms with E-state index in [-0.39, 0.29) is 36.7 Å². The van der Waals surface area contributed by atoms with Crippen molar-refractivity contribution >= 4 is 10.0 Å². The van der Waals surface area contributed by atoms with Crippen molar-refractivity contribution in [1.29, 1.82) is 0 Å². The van der Waals surface area contributed by atoms with Gasteiger partial charge in [-0.05, 0) is 26.7 Å². The zero-order valence-electron chi connectivity index (χ0n) is 11.5. The predicted molar refractivity (Wildman–Crippen MR) is 72.2 cm³/mol. The van der Waals surface area contributed by atoms with Crippen LogP contribution in [0.15, 0.2) is 0 Å². The lowest BCUT2D eigenvalue weighted by molar-refractivity contribution is -0.114. The van der Waals surface area contributed by atoms with Crippen LogP contribution in [0.25, 0.3) is 0 Å². The predicted octanol–water partition coefficient (Wildman–Crippen LogP) is -0.164. The third kappa shape index (κ3) is 3.66. The van der Waals surface area contributed by atoms with E-state index in [0.717, 1.165) is 12.8 Å². The largest absolute Gasteiger partial charge is 0.378 e. The molecule has 2 aliphatic rings. The van der Waals surface area contributed by atoms with E-state index in [1.165, 1.54) is 0 Å². The van der Waals surface area contributed by atoms with Gasteiger partial charge in [-0.2, -0.15) is 0 Å². The van der Waals surface area contributed by atoms with E-state index in [0.29, 0.717) is 12.5 Å². The molecule has 0 bridgehead atoms. The number of sulfonamides is 1. The second-order valence-electron chi connectivity index (χ2n) is 5.60. The smallest absolute Gasteiger partial charge is 0.214 e. The second kappa shape index (κ2) is 6.05. The number of nitrogens with two attached hydrogens (primary N) is 1. The average Bonchev–Trinajstić information content (AvgIpc) is 2.35. The zero-order valence-corrected chi connectivity index (χ0v) is 12.4. The Hall–Kier alpha value is -0.210. The number of hydrogen-bond donors (Lipinski definition) is 2. The Morgan fingerprint density at radius 3 is 2.89 bits per heavy atom. The molecule has 4 atom stereocenters. The summed E-state index contributed by atoms with van der Waals surface area (Å²) in [5.41, 5.74) is 6.02. The van der Waals surface area contributed by atoms with E-state index >= 15 is 0 Å². The van der Waals surface area contributed by atoms with Crippen LogP contribution in [0, 0.1) is 5.92 Å². The van der Waals surface area contributed by atoms with Crippen molar-refractivity contribution in [1.82, 2.24) is 4.72 Å². The molecule has 2 rings (SSSR count). The molecule has 2 fully saturated rings. The third-order valence-corrected chi connectivity index (χ3v) is 5.13. The second-order valence-corrected chi connectivity index (χ2v) is 7.47. The van der Waals surface area contributed by atoms with Gasteiger partial charge in [0.05, 0.1) is 30.6 Å². The molecule has 7 heteroatoms. The molecule has 0 amide bonds. The normalized spacial score (nSPS) is 34.9. The van der Waals surface area contributed by atoms with Crippen molar-refractivity contribution in [2.75, 3.05) is 19.0 Å². The number of ether oxygens (including phenoxy) is 2. The maximum atomic E-state index is 11.9. The fourth-order valence-electron chi connectivity index (χ4n) is 2.75. The Morgan fingerprint density at radius 1 is 1.47 bits per heavy atom. The average molecular weight is 292 g/mol. The Kier molecular flexibility index (Phi) is 4.84. The molecule has 1 saturated carbocycles. The van der Waals surface area contributed by atoms with Gasteiger partial charge in [0.2, 0.25) is 10.0 Å². The molecule has 1 heterocycles. The molecule has 0 aromatic rings. The summed E-state index contributed by atoms with van der Waals surface area (Å²) in [7, 11) is -3.36. The quantitative estimate of drug-likeness (QED) is 0.709. The van der Waals surface area contributed by atoms with Crippen LogP contribution < -0.4 is 10.5 Å². The highest BCUT2D eigenvalue weighted by atomic mass is 32.2. The van der Waals surface area contributed by atoms with E-state index in [1.807, 2.05) is 13.8 Å². The number of hydrogen-bond acceptors (Lipinski definition) is 5. The molecule has 0 aromatic heterocycles. The van der Waals surface area contributed by atoms with E-state index in [9.17, 15) is 8.42 Å². The minimum absolute atomic E-state index is 0.0345. The van der Waals surface area contributed by atoms with Gasteiger partial charge in [0, 0.05) is 18.6 Å². The van der Waals surface area contributed by atoms with Gasteiger partial charge in [0.1, 0.15) is 0 Å². The topological polar surface area (TPSA) is 90.7 Å². The Balaban J connectivity index is 1.83. The fraction of sp³-hybridized carbons (Fsp3) is 1.00. The first-order chi connectivity index (χ1) is 8.91. The summed E-state index contributed by atoms with van der Waals surface area (Å²) in [5.74, 6) is 0.263. The van der Waals surface area contributed by atoms with Crippen LogP contribution in [0.4, 0.5) is 0 Å². The summed E-state index contributed by atoms with van der Waals surface area (Å²) >= 11 is 0. The van der Waals surface area contributed by atoms with Crippen LogP contribution in [0.3, 0.4) is 0 Å². The van der Waals surface area contributed by atoms with Gasteiger partial charge in [-0.15, -0.1) is 0 Å². The minimum Gasteiger partial charge on any atom is -0.378 e. The van der Waals surface area contributed by atoms with Gasteiger partial charge in [0.25, 0.3) is 0 Å². The molecule has 6 nitrogen and oxygen atoms in total. The molecule has 3 N–H and O–H groups in total. The fourth-order valence-corrected chi connectivity index (χ4v) is 3.89. The highest BCUT2D eigenvalue weighted by molar-refractivity contribution is 7.89. The number of fused-ring (bicyclic) bond motifs is 1. The Labute approximate surface area is 115 Å². The third-order valence-electron chi connectivity index (χ3n) is 3.80. The molecule has 1 aliphatic carbocycles. The lowest BCUT2D eigenvalue weighted by Crippen LogP contribution is -2.72. The van der Waals surface area contributed by atoms with Gasteiger partial charge in [-0.1, -0.05) is 0 Å². The highest BCUT2D eigenvalue weighted by Crippen LogP contribution is 2.37. The molecule has 4 unspecified atom stereocenters.